The quantitative estimate of drug-likeness (QED) is 0.735. The van der Waals surface area contributed by atoms with Gasteiger partial charge in [0.15, 0.2) is 0 Å². The lowest BCUT2D eigenvalue weighted by atomic mass is 10.1. The van der Waals surface area contributed by atoms with Crippen molar-refractivity contribution >= 4 is 6.08 Å². The number of benzene rings is 2. The van der Waals surface area contributed by atoms with Gasteiger partial charge in [0.25, 0.3) is 0 Å². The van der Waals surface area contributed by atoms with E-state index in [-0.39, 0.29) is 6.61 Å². The molecule has 0 aromatic heterocycles. The molecule has 1 atom stereocenters. The standard InChI is InChI=1S/C24H32N2O/c27-20-15-24-21-25(16-7-13-22-9-3-1-4-10-22)18-19-26(24)17-8-14-23-11-5-2-6-12-23/h1-7,9-13,24,27H,8,14-21H2/b13-7+. The fourth-order valence-corrected chi connectivity index (χ4v) is 3.87. The van der Waals surface area contributed by atoms with Crippen LogP contribution in [0.4, 0.5) is 0 Å². The third kappa shape index (κ3) is 6.62. The van der Waals surface area contributed by atoms with Crippen LogP contribution in [0.1, 0.15) is 24.0 Å². The molecule has 1 fully saturated rings. The Morgan fingerprint density at radius 3 is 2.44 bits per heavy atom. The Kier molecular flexibility index (Phi) is 8.09. The smallest absolute Gasteiger partial charge is 0.0446 e. The molecule has 27 heavy (non-hydrogen) atoms. The summed E-state index contributed by atoms with van der Waals surface area (Å²) in [7, 11) is 0. The maximum atomic E-state index is 9.49. The molecule has 0 spiro atoms. The van der Waals surface area contributed by atoms with Crippen LogP contribution >= 0.6 is 0 Å². The molecule has 144 valence electrons. The molecule has 0 bridgehead atoms. The lowest BCUT2D eigenvalue weighted by molar-refractivity contribution is 0.0646. The van der Waals surface area contributed by atoms with Gasteiger partial charge in [0.05, 0.1) is 0 Å². The average Bonchev–Trinajstić information content (AvgIpc) is 2.71. The highest BCUT2D eigenvalue weighted by Gasteiger charge is 2.25. The lowest BCUT2D eigenvalue weighted by Crippen LogP contribution is -2.53. The lowest BCUT2D eigenvalue weighted by Gasteiger charge is -2.41. The summed E-state index contributed by atoms with van der Waals surface area (Å²) in [4.78, 5) is 5.09. The first-order valence-electron chi connectivity index (χ1n) is 10.2. The molecule has 3 rings (SSSR count). The summed E-state index contributed by atoms with van der Waals surface area (Å²) in [6, 6.07) is 21.7. The second-order valence-electron chi connectivity index (χ2n) is 7.36. The number of piperazine rings is 1. The number of aliphatic hydroxyl groups excluding tert-OH is 1. The summed E-state index contributed by atoms with van der Waals surface area (Å²) in [5.41, 5.74) is 2.67. The van der Waals surface area contributed by atoms with E-state index in [2.05, 4.69) is 76.5 Å². The van der Waals surface area contributed by atoms with Gasteiger partial charge in [0.2, 0.25) is 0 Å². The third-order valence-electron chi connectivity index (χ3n) is 5.38. The van der Waals surface area contributed by atoms with Crippen LogP contribution in [-0.4, -0.2) is 60.3 Å². The van der Waals surface area contributed by atoms with Gasteiger partial charge in [-0.15, -0.1) is 0 Å². The molecule has 1 aliphatic heterocycles. The van der Waals surface area contributed by atoms with E-state index in [9.17, 15) is 5.11 Å². The van der Waals surface area contributed by atoms with Gasteiger partial charge in [0, 0.05) is 38.8 Å². The van der Waals surface area contributed by atoms with E-state index in [0.717, 1.165) is 45.6 Å². The van der Waals surface area contributed by atoms with E-state index >= 15 is 0 Å². The molecule has 1 aliphatic rings. The van der Waals surface area contributed by atoms with Crippen molar-refractivity contribution in [3.63, 3.8) is 0 Å². The van der Waals surface area contributed by atoms with Crippen molar-refractivity contribution in [3.8, 4) is 0 Å². The van der Waals surface area contributed by atoms with Gasteiger partial charge in [0.1, 0.15) is 0 Å². The van der Waals surface area contributed by atoms with Gasteiger partial charge in [-0.3, -0.25) is 9.80 Å². The Bertz CT molecular complexity index is 671. The number of aliphatic hydroxyl groups is 1. The van der Waals surface area contributed by atoms with Crippen LogP contribution in [0.15, 0.2) is 66.7 Å². The number of rotatable bonds is 9. The summed E-state index contributed by atoms with van der Waals surface area (Å²) in [6.45, 7) is 5.62. The van der Waals surface area contributed by atoms with Gasteiger partial charge in [-0.25, -0.2) is 0 Å². The van der Waals surface area contributed by atoms with Crippen molar-refractivity contribution < 1.29 is 5.11 Å². The maximum Gasteiger partial charge on any atom is 0.0446 e. The zero-order valence-corrected chi connectivity index (χ0v) is 16.2. The number of hydrogen-bond acceptors (Lipinski definition) is 3. The summed E-state index contributed by atoms with van der Waals surface area (Å²) >= 11 is 0. The van der Waals surface area contributed by atoms with Gasteiger partial charge in [-0.2, -0.15) is 0 Å². The Morgan fingerprint density at radius 1 is 0.963 bits per heavy atom. The van der Waals surface area contributed by atoms with E-state index in [1.807, 2.05) is 6.07 Å². The fourth-order valence-electron chi connectivity index (χ4n) is 3.87. The molecule has 2 aromatic rings. The predicted molar refractivity (Wildman–Crippen MR) is 114 cm³/mol. The second-order valence-corrected chi connectivity index (χ2v) is 7.36. The molecular formula is C24H32N2O. The Labute approximate surface area is 163 Å². The molecule has 0 saturated carbocycles. The minimum Gasteiger partial charge on any atom is -0.396 e. The normalized spacial score (nSPS) is 18.9. The number of hydrogen-bond donors (Lipinski definition) is 1. The predicted octanol–water partition coefficient (Wildman–Crippen LogP) is 3.70. The molecule has 0 radical (unpaired) electrons. The summed E-state index contributed by atoms with van der Waals surface area (Å²) in [5, 5.41) is 9.49. The highest BCUT2D eigenvalue weighted by Crippen LogP contribution is 2.15. The first-order valence-corrected chi connectivity index (χ1v) is 10.2. The maximum absolute atomic E-state index is 9.49. The molecule has 0 amide bonds. The second kappa shape index (κ2) is 11.0. The average molecular weight is 365 g/mol. The minimum absolute atomic E-state index is 0.271. The minimum atomic E-state index is 0.271. The molecule has 1 saturated heterocycles. The van der Waals surface area contributed by atoms with Crippen molar-refractivity contribution in [2.24, 2.45) is 0 Å². The van der Waals surface area contributed by atoms with Gasteiger partial charge < -0.3 is 5.11 Å². The van der Waals surface area contributed by atoms with E-state index in [4.69, 9.17) is 0 Å². The monoisotopic (exact) mass is 364 g/mol. The Morgan fingerprint density at radius 2 is 1.70 bits per heavy atom. The molecule has 3 heteroatoms. The highest BCUT2D eigenvalue weighted by molar-refractivity contribution is 5.48. The molecule has 3 nitrogen and oxygen atoms in total. The van der Waals surface area contributed by atoms with Gasteiger partial charge in [-0.05, 0) is 36.9 Å². The third-order valence-corrected chi connectivity index (χ3v) is 5.38. The van der Waals surface area contributed by atoms with E-state index in [1.54, 1.807) is 0 Å². The van der Waals surface area contributed by atoms with Crippen LogP contribution in [0.2, 0.25) is 0 Å². The summed E-state index contributed by atoms with van der Waals surface area (Å²) in [5.74, 6) is 0. The van der Waals surface area contributed by atoms with Crippen LogP contribution in [0.5, 0.6) is 0 Å². The molecule has 2 aromatic carbocycles. The number of nitrogens with zero attached hydrogens (tertiary/aromatic N) is 2. The summed E-state index contributed by atoms with van der Waals surface area (Å²) < 4.78 is 0. The zero-order valence-electron chi connectivity index (χ0n) is 16.2. The van der Waals surface area contributed by atoms with Crippen LogP contribution in [0.25, 0.3) is 6.08 Å². The SMILES string of the molecule is OCCC1CN(C/C=C/c2ccccc2)CCN1CCCc1ccccc1. The topological polar surface area (TPSA) is 26.7 Å². The first kappa shape index (κ1) is 19.8. The van der Waals surface area contributed by atoms with Crippen molar-refractivity contribution in [3.05, 3.63) is 77.9 Å². The van der Waals surface area contributed by atoms with Gasteiger partial charge in [-0.1, -0.05) is 72.8 Å². The molecule has 1 N–H and O–H groups in total. The Hall–Kier alpha value is -1.94. The van der Waals surface area contributed by atoms with Crippen molar-refractivity contribution in [2.75, 3.05) is 39.3 Å². The van der Waals surface area contributed by atoms with E-state index in [0.29, 0.717) is 6.04 Å². The van der Waals surface area contributed by atoms with Crippen LogP contribution in [0, 0.1) is 0 Å². The van der Waals surface area contributed by atoms with Crippen molar-refractivity contribution in [2.45, 2.75) is 25.3 Å². The van der Waals surface area contributed by atoms with Gasteiger partial charge >= 0.3 is 0 Å². The number of aryl methyl sites for hydroxylation is 1. The van der Waals surface area contributed by atoms with Crippen molar-refractivity contribution in [1.29, 1.82) is 0 Å². The van der Waals surface area contributed by atoms with Crippen LogP contribution < -0.4 is 0 Å². The molecular weight excluding hydrogens is 332 g/mol. The Balaban J connectivity index is 1.45. The molecule has 1 unspecified atom stereocenters. The van der Waals surface area contributed by atoms with Crippen LogP contribution in [-0.2, 0) is 6.42 Å². The van der Waals surface area contributed by atoms with E-state index < -0.39 is 0 Å². The largest absolute Gasteiger partial charge is 0.396 e. The zero-order chi connectivity index (χ0) is 18.7. The molecule has 1 heterocycles. The summed E-state index contributed by atoms with van der Waals surface area (Å²) in [6.07, 6.45) is 7.64. The van der Waals surface area contributed by atoms with Crippen molar-refractivity contribution in [1.82, 2.24) is 9.80 Å². The van der Waals surface area contributed by atoms with E-state index in [1.165, 1.54) is 17.5 Å². The fraction of sp³-hybridized carbons (Fsp3) is 0.417. The van der Waals surface area contributed by atoms with Crippen LogP contribution in [0.3, 0.4) is 0 Å². The molecule has 0 aliphatic carbocycles. The first-order chi connectivity index (χ1) is 13.3. The highest BCUT2D eigenvalue weighted by atomic mass is 16.3.